The van der Waals surface area contributed by atoms with Crippen LogP contribution in [-0.2, 0) is 13.6 Å². The van der Waals surface area contributed by atoms with Gasteiger partial charge in [-0.2, -0.15) is 0 Å². The summed E-state index contributed by atoms with van der Waals surface area (Å²) in [6.07, 6.45) is 1.85. The van der Waals surface area contributed by atoms with Crippen LogP contribution in [0.15, 0.2) is 24.5 Å². The molecular formula is C13H20N4. The normalized spacial score (nSPS) is 13.5. The maximum absolute atomic E-state index is 5.66. The first-order chi connectivity index (χ1) is 8.11. The summed E-state index contributed by atoms with van der Waals surface area (Å²) >= 11 is 0. The Hall–Kier alpha value is -1.39. The van der Waals surface area contributed by atoms with Crippen LogP contribution < -0.4 is 5.73 Å². The van der Waals surface area contributed by atoms with Crippen molar-refractivity contribution in [3.05, 3.63) is 30.1 Å². The van der Waals surface area contributed by atoms with Crippen molar-refractivity contribution in [3.8, 4) is 0 Å². The molecule has 0 aliphatic rings. The third kappa shape index (κ3) is 2.48. The molecule has 1 unspecified atom stereocenters. The van der Waals surface area contributed by atoms with Gasteiger partial charge in [0.05, 0.1) is 17.4 Å². The lowest BCUT2D eigenvalue weighted by atomic mass is 10.1. The molecule has 1 heterocycles. The Labute approximate surface area is 102 Å². The van der Waals surface area contributed by atoms with E-state index < -0.39 is 0 Å². The van der Waals surface area contributed by atoms with Crippen LogP contribution in [0.1, 0.15) is 12.5 Å². The molecule has 2 aromatic rings. The highest BCUT2D eigenvalue weighted by Crippen LogP contribution is 2.15. The number of imidazole rings is 1. The Morgan fingerprint density at radius 2 is 2.24 bits per heavy atom. The first-order valence-electron chi connectivity index (χ1n) is 5.92. The fraction of sp³-hybridized carbons (Fsp3) is 0.462. The minimum atomic E-state index is 0.398. The summed E-state index contributed by atoms with van der Waals surface area (Å²) < 4.78 is 2.03. The predicted molar refractivity (Wildman–Crippen MR) is 70.7 cm³/mol. The second-order valence-corrected chi connectivity index (χ2v) is 4.68. The summed E-state index contributed by atoms with van der Waals surface area (Å²) in [5, 5.41) is 0. The van der Waals surface area contributed by atoms with Gasteiger partial charge in [0.1, 0.15) is 0 Å². The molecule has 0 aliphatic heterocycles. The molecule has 0 radical (unpaired) electrons. The Morgan fingerprint density at radius 1 is 1.47 bits per heavy atom. The first kappa shape index (κ1) is 12.1. The Morgan fingerprint density at radius 3 is 2.94 bits per heavy atom. The monoisotopic (exact) mass is 232 g/mol. The van der Waals surface area contributed by atoms with Crippen molar-refractivity contribution >= 4 is 11.0 Å². The molecule has 92 valence electrons. The predicted octanol–water partition coefficient (Wildman–Crippen LogP) is 1.35. The Bertz CT molecular complexity index is 503. The van der Waals surface area contributed by atoms with E-state index in [2.05, 4.69) is 42.1 Å². The van der Waals surface area contributed by atoms with E-state index in [1.165, 1.54) is 11.1 Å². The molecule has 2 N–H and O–H groups in total. The van der Waals surface area contributed by atoms with Crippen molar-refractivity contribution in [1.82, 2.24) is 14.5 Å². The smallest absolute Gasteiger partial charge is 0.0955 e. The van der Waals surface area contributed by atoms with Gasteiger partial charge in [-0.1, -0.05) is 6.07 Å². The number of benzene rings is 1. The summed E-state index contributed by atoms with van der Waals surface area (Å²) in [5.74, 6) is 0. The lowest BCUT2D eigenvalue weighted by molar-refractivity contribution is 0.255. The summed E-state index contributed by atoms with van der Waals surface area (Å²) in [6, 6.07) is 6.83. The van der Waals surface area contributed by atoms with Gasteiger partial charge in [-0.05, 0) is 31.7 Å². The summed E-state index contributed by atoms with van der Waals surface area (Å²) in [4.78, 5) is 6.63. The van der Waals surface area contributed by atoms with Crippen LogP contribution >= 0.6 is 0 Å². The van der Waals surface area contributed by atoms with E-state index in [1.807, 2.05) is 17.9 Å². The lowest BCUT2D eigenvalue weighted by Crippen LogP contribution is -2.34. The molecule has 0 bridgehead atoms. The maximum atomic E-state index is 5.66. The molecule has 0 amide bonds. The van der Waals surface area contributed by atoms with Crippen molar-refractivity contribution in [2.45, 2.75) is 19.5 Å². The highest BCUT2D eigenvalue weighted by atomic mass is 15.1. The first-order valence-corrected chi connectivity index (χ1v) is 5.92. The number of nitrogens with two attached hydrogens (primary N) is 1. The molecule has 0 spiro atoms. The molecule has 1 atom stereocenters. The fourth-order valence-electron chi connectivity index (χ4n) is 1.90. The van der Waals surface area contributed by atoms with Crippen molar-refractivity contribution in [1.29, 1.82) is 0 Å². The van der Waals surface area contributed by atoms with Crippen LogP contribution in [0.5, 0.6) is 0 Å². The molecule has 2 rings (SSSR count). The van der Waals surface area contributed by atoms with Gasteiger partial charge in [0.25, 0.3) is 0 Å². The van der Waals surface area contributed by atoms with E-state index in [1.54, 1.807) is 0 Å². The van der Waals surface area contributed by atoms with Crippen molar-refractivity contribution < 1.29 is 0 Å². The molecule has 0 saturated heterocycles. The van der Waals surface area contributed by atoms with E-state index in [0.29, 0.717) is 12.6 Å². The third-order valence-corrected chi connectivity index (χ3v) is 3.32. The zero-order valence-electron chi connectivity index (χ0n) is 10.7. The highest BCUT2D eigenvalue weighted by molar-refractivity contribution is 5.75. The van der Waals surface area contributed by atoms with E-state index in [-0.39, 0.29) is 0 Å². The average Bonchev–Trinajstić information content (AvgIpc) is 2.69. The summed E-state index contributed by atoms with van der Waals surface area (Å²) in [5.41, 5.74) is 9.16. The lowest BCUT2D eigenvalue weighted by Gasteiger charge is -2.23. The Kier molecular flexibility index (Phi) is 3.45. The number of fused-ring (bicyclic) bond motifs is 1. The zero-order chi connectivity index (χ0) is 12.4. The van der Waals surface area contributed by atoms with Gasteiger partial charge >= 0.3 is 0 Å². The molecule has 0 fully saturated rings. The van der Waals surface area contributed by atoms with Crippen LogP contribution in [0.2, 0.25) is 0 Å². The van der Waals surface area contributed by atoms with Gasteiger partial charge in [0.2, 0.25) is 0 Å². The number of aromatic nitrogens is 2. The standard InChI is InChI=1S/C13H20N4/c1-10(7-14)16(2)8-11-4-5-13-12(6-11)15-9-17(13)3/h4-6,9-10H,7-8,14H2,1-3H3. The van der Waals surface area contributed by atoms with Crippen LogP contribution in [0.3, 0.4) is 0 Å². The quantitative estimate of drug-likeness (QED) is 0.865. The Balaban J connectivity index is 2.19. The van der Waals surface area contributed by atoms with E-state index in [0.717, 1.165) is 12.1 Å². The minimum absolute atomic E-state index is 0.398. The molecule has 4 nitrogen and oxygen atoms in total. The summed E-state index contributed by atoms with van der Waals surface area (Å²) in [6.45, 7) is 3.73. The van der Waals surface area contributed by atoms with Gasteiger partial charge in [-0.25, -0.2) is 4.98 Å². The van der Waals surface area contributed by atoms with Crippen LogP contribution in [-0.4, -0.2) is 34.1 Å². The van der Waals surface area contributed by atoms with Crippen molar-refractivity contribution in [2.24, 2.45) is 12.8 Å². The van der Waals surface area contributed by atoms with Crippen LogP contribution in [0.25, 0.3) is 11.0 Å². The van der Waals surface area contributed by atoms with Crippen LogP contribution in [0, 0.1) is 0 Å². The SMILES string of the molecule is CC(CN)N(C)Cc1ccc2c(c1)ncn2C. The number of nitrogens with zero attached hydrogens (tertiary/aromatic N) is 3. The topological polar surface area (TPSA) is 47.1 Å². The largest absolute Gasteiger partial charge is 0.334 e. The second kappa shape index (κ2) is 4.85. The molecule has 17 heavy (non-hydrogen) atoms. The van der Waals surface area contributed by atoms with Crippen molar-refractivity contribution in [3.63, 3.8) is 0 Å². The fourth-order valence-corrected chi connectivity index (χ4v) is 1.90. The molecule has 0 aliphatic carbocycles. The molecule has 0 saturated carbocycles. The van der Waals surface area contributed by atoms with E-state index in [4.69, 9.17) is 5.73 Å². The van der Waals surface area contributed by atoms with Crippen molar-refractivity contribution in [2.75, 3.05) is 13.6 Å². The molecular weight excluding hydrogens is 212 g/mol. The van der Waals surface area contributed by atoms with Crippen LogP contribution in [0.4, 0.5) is 0 Å². The summed E-state index contributed by atoms with van der Waals surface area (Å²) in [7, 11) is 4.11. The number of hydrogen-bond donors (Lipinski definition) is 1. The van der Waals surface area contributed by atoms with E-state index >= 15 is 0 Å². The highest BCUT2D eigenvalue weighted by Gasteiger charge is 2.08. The van der Waals surface area contributed by atoms with E-state index in [9.17, 15) is 0 Å². The molecule has 1 aromatic heterocycles. The van der Waals surface area contributed by atoms with Gasteiger partial charge in [0, 0.05) is 26.2 Å². The number of aryl methyl sites for hydroxylation is 1. The number of rotatable bonds is 4. The van der Waals surface area contributed by atoms with Gasteiger partial charge < -0.3 is 10.3 Å². The van der Waals surface area contributed by atoms with Gasteiger partial charge in [-0.3, -0.25) is 4.90 Å². The van der Waals surface area contributed by atoms with Gasteiger partial charge in [-0.15, -0.1) is 0 Å². The zero-order valence-corrected chi connectivity index (χ0v) is 10.7. The maximum Gasteiger partial charge on any atom is 0.0955 e. The third-order valence-electron chi connectivity index (χ3n) is 3.32. The molecule has 1 aromatic carbocycles. The minimum Gasteiger partial charge on any atom is -0.334 e. The number of hydrogen-bond acceptors (Lipinski definition) is 3. The second-order valence-electron chi connectivity index (χ2n) is 4.68. The number of likely N-dealkylation sites (N-methyl/N-ethyl adjacent to an activating group) is 1. The van der Waals surface area contributed by atoms with Gasteiger partial charge in [0.15, 0.2) is 0 Å². The molecule has 4 heteroatoms. The average molecular weight is 232 g/mol.